The number of halogens is 3. The maximum atomic E-state index is 12.6. The summed E-state index contributed by atoms with van der Waals surface area (Å²) in [5.41, 5.74) is 7.19. The van der Waals surface area contributed by atoms with E-state index in [9.17, 15) is 13.2 Å². The van der Waals surface area contributed by atoms with E-state index in [0.717, 1.165) is 12.8 Å². The molecule has 7 heteroatoms. The highest BCUT2D eigenvalue weighted by molar-refractivity contribution is 5.58. The van der Waals surface area contributed by atoms with Crippen LogP contribution in [-0.2, 0) is 12.6 Å². The molecular weight excluding hydrogens is 281 g/mol. The molecule has 0 spiro atoms. The number of nitrogens with one attached hydrogen (secondary N) is 1. The number of aryl methyl sites for hydroxylation is 1. The fourth-order valence-corrected chi connectivity index (χ4v) is 1.85. The number of rotatable bonds is 4. The molecule has 0 aliphatic heterocycles. The van der Waals surface area contributed by atoms with E-state index in [-0.39, 0.29) is 11.6 Å². The molecular formula is C14H15F3N4. The first kappa shape index (κ1) is 15.1. The van der Waals surface area contributed by atoms with E-state index < -0.39 is 12.0 Å². The number of nitrogens with two attached hydrogens (primary N) is 1. The van der Waals surface area contributed by atoms with Gasteiger partial charge >= 0.3 is 6.18 Å². The van der Waals surface area contributed by atoms with Gasteiger partial charge < -0.3 is 11.1 Å². The van der Waals surface area contributed by atoms with E-state index in [0.29, 0.717) is 5.69 Å². The zero-order valence-corrected chi connectivity index (χ0v) is 11.4. The molecule has 0 saturated carbocycles. The third kappa shape index (κ3) is 4.08. The number of aromatic nitrogens is 2. The molecule has 0 aliphatic carbocycles. The maximum Gasteiger partial charge on any atom is 0.451 e. The van der Waals surface area contributed by atoms with Crippen molar-refractivity contribution < 1.29 is 13.2 Å². The van der Waals surface area contributed by atoms with E-state index >= 15 is 0 Å². The number of alkyl halides is 3. The Morgan fingerprint density at radius 2 is 1.81 bits per heavy atom. The Bertz CT molecular complexity index is 609. The van der Waals surface area contributed by atoms with Crippen molar-refractivity contribution in [3.05, 3.63) is 41.7 Å². The first-order valence-corrected chi connectivity index (χ1v) is 6.46. The van der Waals surface area contributed by atoms with Crippen LogP contribution in [0.5, 0.6) is 0 Å². The van der Waals surface area contributed by atoms with Crippen molar-refractivity contribution in [2.75, 3.05) is 11.1 Å². The number of anilines is 3. The van der Waals surface area contributed by atoms with Crippen molar-refractivity contribution >= 4 is 17.3 Å². The largest absolute Gasteiger partial charge is 0.451 e. The molecule has 0 saturated heterocycles. The van der Waals surface area contributed by atoms with Gasteiger partial charge in [-0.2, -0.15) is 13.2 Å². The summed E-state index contributed by atoms with van der Waals surface area (Å²) in [7, 11) is 0. The second-order valence-corrected chi connectivity index (χ2v) is 4.57. The van der Waals surface area contributed by atoms with Crippen LogP contribution in [0.15, 0.2) is 30.3 Å². The smallest absolute Gasteiger partial charge is 0.384 e. The minimum Gasteiger partial charge on any atom is -0.384 e. The third-order valence-electron chi connectivity index (χ3n) is 2.76. The molecule has 0 fully saturated rings. The number of nitrogen functional groups attached to an aromatic ring is 1. The maximum absolute atomic E-state index is 12.6. The lowest BCUT2D eigenvalue weighted by Gasteiger charge is -2.10. The SMILES string of the molecule is CCCc1ccc(Nc2cc(N)nc(C(F)(F)F)n2)cc1. The van der Waals surface area contributed by atoms with Crippen LogP contribution in [0.3, 0.4) is 0 Å². The minimum atomic E-state index is -4.63. The Labute approximate surface area is 120 Å². The van der Waals surface area contributed by atoms with Gasteiger partial charge in [-0.15, -0.1) is 0 Å². The average molecular weight is 296 g/mol. The van der Waals surface area contributed by atoms with Crippen molar-refractivity contribution in [3.63, 3.8) is 0 Å². The standard InChI is InChI=1S/C14H15F3N4/c1-2-3-9-4-6-10(7-5-9)19-12-8-11(18)20-13(21-12)14(15,16)17/h4-8H,2-3H2,1H3,(H3,18,19,20,21). The highest BCUT2D eigenvalue weighted by Gasteiger charge is 2.35. The molecule has 1 aromatic carbocycles. The second-order valence-electron chi connectivity index (χ2n) is 4.57. The van der Waals surface area contributed by atoms with E-state index in [1.807, 2.05) is 12.1 Å². The molecule has 21 heavy (non-hydrogen) atoms. The van der Waals surface area contributed by atoms with E-state index in [2.05, 4.69) is 22.2 Å². The molecule has 2 rings (SSSR count). The highest BCUT2D eigenvalue weighted by Crippen LogP contribution is 2.28. The quantitative estimate of drug-likeness (QED) is 0.901. The summed E-state index contributed by atoms with van der Waals surface area (Å²) in [6.07, 6.45) is -2.64. The second kappa shape index (κ2) is 5.99. The molecule has 0 amide bonds. The van der Waals surface area contributed by atoms with Gasteiger partial charge in [-0.3, -0.25) is 0 Å². The molecule has 2 aromatic rings. The average Bonchev–Trinajstić information content (AvgIpc) is 2.40. The van der Waals surface area contributed by atoms with Gasteiger partial charge in [-0.25, -0.2) is 9.97 Å². The number of benzene rings is 1. The topological polar surface area (TPSA) is 63.8 Å². The predicted octanol–water partition coefficient (Wildman–Crippen LogP) is 3.77. The summed E-state index contributed by atoms with van der Waals surface area (Å²) in [5.74, 6) is -1.48. The fraction of sp³-hybridized carbons (Fsp3) is 0.286. The zero-order chi connectivity index (χ0) is 15.5. The Hall–Kier alpha value is -2.31. The Balaban J connectivity index is 2.21. The summed E-state index contributed by atoms with van der Waals surface area (Å²) in [5, 5.41) is 2.80. The Kier molecular flexibility index (Phi) is 4.30. The normalized spacial score (nSPS) is 11.4. The monoisotopic (exact) mass is 296 g/mol. The molecule has 1 aromatic heterocycles. The molecule has 0 unspecified atom stereocenters. The molecule has 0 bridgehead atoms. The van der Waals surface area contributed by atoms with Crippen molar-refractivity contribution in [2.45, 2.75) is 25.9 Å². The van der Waals surface area contributed by atoms with Crippen LogP contribution in [0, 0.1) is 0 Å². The van der Waals surface area contributed by atoms with Gasteiger partial charge in [0, 0.05) is 11.8 Å². The van der Waals surface area contributed by atoms with Crippen LogP contribution in [0.1, 0.15) is 24.7 Å². The van der Waals surface area contributed by atoms with Gasteiger partial charge in [0.1, 0.15) is 11.6 Å². The van der Waals surface area contributed by atoms with Gasteiger partial charge in [0.15, 0.2) is 0 Å². The van der Waals surface area contributed by atoms with E-state index in [4.69, 9.17) is 5.73 Å². The zero-order valence-electron chi connectivity index (χ0n) is 11.4. The first-order valence-electron chi connectivity index (χ1n) is 6.46. The lowest BCUT2D eigenvalue weighted by atomic mass is 10.1. The van der Waals surface area contributed by atoms with Gasteiger partial charge in [-0.05, 0) is 24.1 Å². The van der Waals surface area contributed by atoms with Crippen LogP contribution in [0.4, 0.5) is 30.5 Å². The van der Waals surface area contributed by atoms with E-state index in [1.165, 1.54) is 11.6 Å². The summed E-state index contributed by atoms with van der Waals surface area (Å²) < 4.78 is 37.8. The summed E-state index contributed by atoms with van der Waals surface area (Å²) in [4.78, 5) is 6.62. The van der Waals surface area contributed by atoms with Crippen LogP contribution in [-0.4, -0.2) is 9.97 Å². The van der Waals surface area contributed by atoms with Gasteiger partial charge in [-0.1, -0.05) is 25.5 Å². The minimum absolute atomic E-state index is 0.0121. The van der Waals surface area contributed by atoms with Gasteiger partial charge in [0.05, 0.1) is 0 Å². The molecule has 0 atom stereocenters. The lowest BCUT2D eigenvalue weighted by Crippen LogP contribution is -2.13. The van der Waals surface area contributed by atoms with Gasteiger partial charge in [0.25, 0.3) is 0 Å². The predicted molar refractivity (Wildman–Crippen MR) is 75.2 cm³/mol. The summed E-state index contributed by atoms with van der Waals surface area (Å²) in [6.45, 7) is 2.08. The van der Waals surface area contributed by atoms with E-state index in [1.54, 1.807) is 12.1 Å². The number of hydrogen-bond donors (Lipinski definition) is 2. The molecule has 1 heterocycles. The Morgan fingerprint density at radius 3 is 2.38 bits per heavy atom. The molecule has 0 radical (unpaired) electrons. The molecule has 4 nitrogen and oxygen atoms in total. The highest BCUT2D eigenvalue weighted by atomic mass is 19.4. The van der Waals surface area contributed by atoms with Crippen molar-refractivity contribution in [3.8, 4) is 0 Å². The first-order chi connectivity index (χ1) is 9.88. The summed E-state index contributed by atoms with van der Waals surface area (Å²) in [6, 6.07) is 8.67. The van der Waals surface area contributed by atoms with Crippen molar-refractivity contribution in [1.29, 1.82) is 0 Å². The molecule has 3 N–H and O–H groups in total. The fourth-order valence-electron chi connectivity index (χ4n) is 1.85. The lowest BCUT2D eigenvalue weighted by molar-refractivity contribution is -0.144. The van der Waals surface area contributed by atoms with Crippen molar-refractivity contribution in [1.82, 2.24) is 9.97 Å². The van der Waals surface area contributed by atoms with Crippen molar-refractivity contribution in [2.24, 2.45) is 0 Å². The molecule has 112 valence electrons. The molecule has 0 aliphatic rings. The third-order valence-corrected chi connectivity index (χ3v) is 2.76. The Morgan fingerprint density at radius 1 is 1.14 bits per heavy atom. The summed E-state index contributed by atoms with van der Waals surface area (Å²) >= 11 is 0. The van der Waals surface area contributed by atoms with Gasteiger partial charge in [0.2, 0.25) is 5.82 Å². The number of nitrogens with zero attached hydrogens (tertiary/aromatic N) is 2. The van der Waals surface area contributed by atoms with Crippen LogP contribution >= 0.6 is 0 Å². The van der Waals surface area contributed by atoms with Crippen LogP contribution in [0.25, 0.3) is 0 Å². The van der Waals surface area contributed by atoms with Crippen LogP contribution in [0.2, 0.25) is 0 Å². The number of hydrogen-bond acceptors (Lipinski definition) is 4. The van der Waals surface area contributed by atoms with Crippen LogP contribution < -0.4 is 11.1 Å².